The van der Waals surface area contributed by atoms with E-state index in [0.29, 0.717) is 6.42 Å². The molecule has 0 aliphatic rings. The molecule has 13 heavy (non-hydrogen) atoms. The zero-order valence-corrected chi connectivity index (χ0v) is 8.76. The first-order valence-corrected chi connectivity index (χ1v) is 4.44. The molecule has 0 heterocycles. The number of carbonyl (C=O) groups is 1. The highest BCUT2D eigenvalue weighted by atomic mass is 16.5. The van der Waals surface area contributed by atoms with Crippen molar-refractivity contribution in [2.45, 2.75) is 45.8 Å². The lowest BCUT2D eigenvalue weighted by Crippen LogP contribution is -2.41. The Morgan fingerprint density at radius 1 is 1.54 bits per heavy atom. The predicted octanol–water partition coefficient (Wildman–Crippen LogP) is 1.28. The van der Waals surface area contributed by atoms with Gasteiger partial charge >= 0.3 is 6.09 Å². The number of amides is 1. The van der Waals surface area contributed by atoms with Gasteiger partial charge in [-0.05, 0) is 27.7 Å². The number of ether oxygens (including phenoxy) is 1. The highest BCUT2D eigenvalue weighted by Crippen LogP contribution is 1.99. The second kappa shape index (κ2) is 5.07. The molecule has 0 aliphatic heterocycles. The summed E-state index contributed by atoms with van der Waals surface area (Å²) in [6.45, 7) is 7.54. The van der Waals surface area contributed by atoms with Crippen molar-refractivity contribution in [1.29, 1.82) is 0 Å². The summed E-state index contributed by atoms with van der Waals surface area (Å²) in [5.41, 5.74) is -0.276. The maximum absolute atomic E-state index is 11.0. The Morgan fingerprint density at radius 3 is 2.46 bits per heavy atom. The molecule has 0 aromatic heterocycles. The Labute approximate surface area is 79.3 Å². The average Bonchev–Trinajstić information content (AvgIpc) is 1.81. The zero-order chi connectivity index (χ0) is 10.5. The van der Waals surface area contributed by atoms with E-state index in [4.69, 9.17) is 9.84 Å². The van der Waals surface area contributed by atoms with Gasteiger partial charge < -0.3 is 15.2 Å². The van der Waals surface area contributed by atoms with Gasteiger partial charge in [0.25, 0.3) is 0 Å². The SMILES string of the molecule is CC(O)CCOC(=O)NC(C)(C)C. The maximum Gasteiger partial charge on any atom is 0.407 e. The summed E-state index contributed by atoms with van der Waals surface area (Å²) in [6.07, 6.45) is -0.395. The molecule has 0 fully saturated rings. The van der Waals surface area contributed by atoms with Gasteiger partial charge in [-0.2, -0.15) is 0 Å². The fraction of sp³-hybridized carbons (Fsp3) is 0.889. The van der Waals surface area contributed by atoms with Crippen molar-refractivity contribution >= 4 is 6.09 Å². The van der Waals surface area contributed by atoms with Crippen LogP contribution < -0.4 is 5.32 Å². The van der Waals surface area contributed by atoms with Crippen LogP contribution in [0.3, 0.4) is 0 Å². The van der Waals surface area contributed by atoms with Crippen LogP contribution in [0.2, 0.25) is 0 Å². The third-order valence-corrected chi connectivity index (χ3v) is 1.25. The lowest BCUT2D eigenvalue weighted by molar-refractivity contribution is 0.108. The van der Waals surface area contributed by atoms with E-state index < -0.39 is 12.2 Å². The third-order valence-electron chi connectivity index (χ3n) is 1.25. The molecular weight excluding hydrogens is 170 g/mol. The van der Waals surface area contributed by atoms with Crippen LogP contribution in [0.15, 0.2) is 0 Å². The molecule has 78 valence electrons. The topological polar surface area (TPSA) is 58.6 Å². The zero-order valence-electron chi connectivity index (χ0n) is 8.76. The minimum atomic E-state index is -0.437. The number of hydrogen-bond acceptors (Lipinski definition) is 3. The van der Waals surface area contributed by atoms with E-state index in [9.17, 15) is 4.79 Å². The minimum absolute atomic E-state index is 0.250. The van der Waals surface area contributed by atoms with Gasteiger partial charge in [0, 0.05) is 12.0 Å². The first-order valence-electron chi connectivity index (χ1n) is 4.44. The summed E-state index contributed by atoms with van der Waals surface area (Å²) in [4.78, 5) is 11.0. The molecule has 0 aliphatic carbocycles. The number of nitrogens with one attached hydrogen (secondary N) is 1. The van der Waals surface area contributed by atoms with Crippen LogP contribution in [0.25, 0.3) is 0 Å². The summed E-state index contributed by atoms with van der Waals surface area (Å²) in [7, 11) is 0. The summed E-state index contributed by atoms with van der Waals surface area (Å²) in [5.74, 6) is 0. The van der Waals surface area contributed by atoms with Gasteiger partial charge in [-0.15, -0.1) is 0 Å². The molecule has 0 aromatic carbocycles. The smallest absolute Gasteiger partial charge is 0.407 e. The quantitative estimate of drug-likeness (QED) is 0.703. The van der Waals surface area contributed by atoms with Crippen molar-refractivity contribution in [3.8, 4) is 0 Å². The number of hydrogen-bond donors (Lipinski definition) is 2. The first kappa shape index (κ1) is 12.2. The van der Waals surface area contributed by atoms with Gasteiger partial charge in [0.1, 0.15) is 0 Å². The number of carbonyl (C=O) groups excluding carboxylic acids is 1. The fourth-order valence-electron chi connectivity index (χ4n) is 0.664. The predicted molar refractivity (Wildman–Crippen MR) is 50.5 cm³/mol. The van der Waals surface area contributed by atoms with E-state index in [0.717, 1.165) is 0 Å². The van der Waals surface area contributed by atoms with Crippen molar-refractivity contribution in [2.24, 2.45) is 0 Å². The molecular formula is C9H19NO3. The monoisotopic (exact) mass is 189 g/mol. The Balaban J connectivity index is 3.53. The molecule has 2 N–H and O–H groups in total. The number of alkyl carbamates (subject to hydrolysis) is 1. The molecule has 4 nitrogen and oxygen atoms in total. The van der Waals surface area contributed by atoms with Crippen LogP contribution in [-0.2, 0) is 4.74 Å². The lowest BCUT2D eigenvalue weighted by atomic mass is 10.1. The molecule has 0 aromatic rings. The number of rotatable bonds is 3. The second-order valence-electron chi connectivity index (χ2n) is 4.15. The van der Waals surface area contributed by atoms with Gasteiger partial charge in [-0.25, -0.2) is 4.79 Å². The van der Waals surface area contributed by atoms with Crippen molar-refractivity contribution in [3.63, 3.8) is 0 Å². The number of aliphatic hydroxyl groups excluding tert-OH is 1. The van der Waals surface area contributed by atoms with Crippen LogP contribution in [0.4, 0.5) is 4.79 Å². The summed E-state index contributed by atoms with van der Waals surface area (Å²) < 4.78 is 4.82. The molecule has 0 saturated heterocycles. The van der Waals surface area contributed by atoms with Crippen LogP contribution in [0.5, 0.6) is 0 Å². The van der Waals surface area contributed by atoms with E-state index in [1.807, 2.05) is 20.8 Å². The largest absolute Gasteiger partial charge is 0.449 e. The molecule has 1 amide bonds. The Morgan fingerprint density at radius 2 is 2.08 bits per heavy atom. The Kier molecular flexibility index (Phi) is 4.77. The third kappa shape index (κ3) is 9.14. The second-order valence-corrected chi connectivity index (χ2v) is 4.15. The highest BCUT2D eigenvalue weighted by molar-refractivity contribution is 5.67. The summed E-state index contributed by atoms with van der Waals surface area (Å²) in [6, 6.07) is 0. The van der Waals surface area contributed by atoms with Gasteiger partial charge in [0.2, 0.25) is 0 Å². The van der Waals surface area contributed by atoms with Crippen LogP contribution in [0.1, 0.15) is 34.1 Å². The molecule has 1 unspecified atom stereocenters. The standard InChI is InChI=1S/C9H19NO3/c1-7(11)5-6-13-8(12)10-9(2,3)4/h7,11H,5-6H2,1-4H3,(H,10,12). The molecule has 0 rings (SSSR count). The molecule has 1 atom stereocenters. The summed E-state index contributed by atoms with van der Waals surface area (Å²) >= 11 is 0. The van der Waals surface area contributed by atoms with E-state index in [1.54, 1.807) is 6.92 Å². The highest BCUT2D eigenvalue weighted by Gasteiger charge is 2.14. The Bertz CT molecular complexity index is 161. The average molecular weight is 189 g/mol. The normalized spacial score (nSPS) is 13.6. The van der Waals surface area contributed by atoms with Gasteiger partial charge in [-0.3, -0.25) is 0 Å². The van der Waals surface area contributed by atoms with E-state index in [2.05, 4.69) is 5.32 Å². The molecule has 0 radical (unpaired) electrons. The van der Waals surface area contributed by atoms with Crippen molar-refractivity contribution in [2.75, 3.05) is 6.61 Å². The molecule has 0 bridgehead atoms. The minimum Gasteiger partial charge on any atom is -0.449 e. The van der Waals surface area contributed by atoms with E-state index in [1.165, 1.54) is 0 Å². The van der Waals surface area contributed by atoms with Crippen LogP contribution in [-0.4, -0.2) is 29.4 Å². The van der Waals surface area contributed by atoms with E-state index in [-0.39, 0.29) is 12.1 Å². The van der Waals surface area contributed by atoms with Gasteiger partial charge in [0.15, 0.2) is 0 Å². The lowest BCUT2D eigenvalue weighted by Gasteiger charge is -2.20. The van der Waals surface area contributed by atoms with E-state index >= 15 is 0 Å². The summed E-state index contributed by atoms with van der Waals surface area (Å²) in [5, 5.41) is 11.5. The van der Waals surface area contributed by atoms with Crippen LogP contribution in [0, 0.1) is 0 Å². The molecule has 0 saturated carbocycles. The fourth-order valence-corrected chi connectivity index (χ4v) is 0.664. The van der Waals surface area contributed by atoms with Crippen molar-refractivity contribution in [1.82, 2.24) is 5.32 Å². The number of aliphatic hydroxyl groups is 1. The van der Waals surface area contributed by atoms with Crippen molar-refractivity contribution < 1.29 is 14.6 Å². The first-order chi connectivity index (χ1) is 5.81. The van der Waals surface area contributed by atoms with Gasteiger partial charge in [-0.1, -0.05) is 0 Å². The van der Waals surface area contributed by atoms with Crippen LogP contribution >= 0.6 is 0 Å². The molecule has 0 spiro atoms. The molecule has 4 heteroatoms. The van der Waals surface area contributed by atoms with Crippen molar-refractivity contribution in [3.05, 3.63) is 0 Å². The Hall–Kier alpha value is -0.770. The van der Waals surface area contributed by atoms with Gasteiger partial charge in [0.05, 0.1) is 12.7 Å². The maximum atomic E-state index is 11.0.